The zero-order valence-corrected chi connectivity index (χ0v) is 15.2. The molecule has 0 heterocycles. The average Bonchev–Trinajstić information content (AvgIpc) is 2.51. The molecule has 3 N–H and O–H groups in total. The molecular formula is C19H22N2O2S. The van der Waals surface area contributed by atoms with Crippen molar-refractivity contribution in [1.29, 1.82) is 0 Å². The van der Waals surface area contributed by atoms with Gasteiger partial charge in [0.15, 0.2) is 0 Å². The lowest BCUT2D eigenvalue weighted by molar-refractivity contribution is -0.115. The molecule has 2 aromatic carbocycles. The van der Waals surface area contributed by atoms with Gasteiger partial charge in [0, 0.05) is 16.1 Å². The molecule has 0 saturated heterocycles. The van der Waals surface area contributed by atoms with Crippen LogP contribution in [0.25, 0.3) is 0 Å². The highest BCUT2D eigenvalue weighted by molar-refractivity contribution is 8.00. The van der Waals surface area contributed by atoms with Gasteiger partial charge in [0.1, 0.15) is 0 Å². The van der Waals surface area contributed by atoms with Crippen molar-refractivity contribution in [3.8, 4) is 0 Å². The van der Waals surface area contributed by atoms with Gasteiger partial charge in [0.2, 0.25) is 11.8 Å². The zero-order valence-electron chi connectivity index (χ0n) is 14.3. The molecular weight excluding hydrogens is 320 g/mol. The van der Waals surface area contributed by atoms with Crippen LogP contribution in [-0.2, 0) is 4.79 Å². The van der Waals surface area contributed by atoms with Crippen molar-refractivity contribution in [3.63, 3.8) is 0 Å². The number of rotatable bonds is 5. The van der Waals surface area contributed by atoms with E-state index in [-0.39, 0.29) is 11.2 Å². The van der Waals surface area contributed by atoms with Crippen LogP contribution in [0.4, 0.5) is 5.69 Å². The minimum atomic E-state index is -0.484. The fourth-order valence-corrected chi connectivity index (χ4v) is 3.55. The Morgan fingerprint density at radius 1 is 1.04 bits per heavy atom. The van der Waals surface area contributed by atoms with Crippen LogP contribution < -0.4 is 11.1 Å². The lowest BCUT2D eigenvalue weighted by Crippen LogP contribution is -2.22. The number of nitrogens with one attached hydrogen (secondary N) is 1. The summed E-state index contributed by atoms with van der Waals surface area (Å²) in [7, 11) is 0. The van der Waals surface area contributed by atoms with Crippen molar-refractivity contribution in [3.05, 3.63) is 58.7 Å². The van der Waals surface area contributed by atoms with E-state index in [1.807, 2.05) is 6.92 Å². The van der Waals surface area contributed by atoms with E-state index in [1.165, 1.54) is 16.7 Å². The predicted octanol–water partition coefficient (Wildman–Crippen LogP) is 3.83. The maximum Gasteiger partial charge on any atom is 0.248 e. The van der Waals surface area contributed by atoms with Crippen LogP contribution >= 0.6 is 11.8 Å². The summed E-state index contributed by atoms with van der Waals surface area (Å²) in [5.74, 6) is -0.562. The van der Waals surface area contributed by atoms with Gasteiger partial charge in [-0.1, -0.05) is 17.7 Å². The van der Waals surface area contributed by atoms with E-state index >= 15 is 0 Å². The largest absolute Gasteiger partial charge is 0.366 e. The number of aryl methyl sites for hydroxylation is 3. The minimum Gasteiger partial charge on any atom is -0.366 e. The van der Waals surface area contributed by atoms with Crippen LogP contribution in [0.15, 0.2) is 41.3 Å². The molecule has 4 nitrogen and oxygen atoms in total. The molecule has 2 rings (SSSR count). The van der Waals surface area contributed by atoms with Gasteiger partial charge in [-0.05, 0) is 63.1 Å². The van der Waals surface area contributed by atoms with E-state index in [2.05, 4.69) is 38.2 Å². The predicted molar refractivity (Wildman–Crippen MR) is 99.6 cm³/mol. The third kappa shape index (κ3) is 4.38. The number of anilines is 1. The first kappa shape index (κ1) is 18.1. The van der Waals surface area contributed by atoms with Gasteiger partial charge in [0.25, 0.3) is 0 Å². The molecule has 1 atom stereocenters. The lowest BCUT2D eigenvalue weighted by Gasteiger charge is -2.16. The van der Waals surface area contributed by atoms with Gasteiger partial charge >= 0.3 is 0 Å². The first-order valence-corrected chi connectivity index (χ1v) is 8.61. The Balaban J connectivity index is 2.06. The van der Waals surface area contributed by atoms with E-state index in [4.69, 9.17) is 5.73 Å². The smallest absolute Gasteiger partial charge is 0.248 e. The van der Waals surface area contributed by atoms with Crippen LogP contribution in [0.1, 0.15) is 34.0 Å². The molecule has 5 heteroatoms. The number of carbonyl (C=O) groups excluding carboxylic acids is 2. The number of nitrogens with two attached hydrogens (primary N) is 1. The molecule has 2 amide bonds. The van der Waals surface area contributed by atoms with Crippen molar-refractivity contribution in [1.82, 2.24) is 0 Å². The molecule has 0 radical (unpaired) electrons. The molecule has 0 aliphatic carbocycles. The maximum absolute atomic E-state index is 12.4. The van der Waals surface area contributed by atoms with E-state index in [9.17, 15) is 9.59 Å². The third-order valence-electron chi connectivity index (χ3n) is 3.71. The molecule has 0 saturated carbocycles. The van der Waals surface area contributed by atoms with E-state index in [0.29, 0.717) is 11.3 Å². The number of amides is 2. The molecule has 0 aliphatic rings. The van der Waals surface area contributed by atoms with Gasteiger partial charge in [-0.25, -0.2) is 0 Å². The van der Waals surface area contributed by atoms with Crippen LogP contribution in [0.2, 0.25) is 0 Å². The van der Waals surface area contributed by atoms with Crippen LogP contribution in [0, 0.1) is 20.8 Å². The Bertz CT molecular complexity index is 746. The molecule has 126 valence electrons. The summed E-state index contributed by atoms with van der Waals surface area (Å²) in [5.41, 5.74) is 9.86. The summed E-state index contributed by atoms with van der Waals surface area (Å²) in [6, 6.07) is 10.8. The monoisotopic (exact) mass is 342 g/mol. The van der Waals surface area contributed by atoms with E-state index in [1.54, 1.807) is 36.0 Å². The molecule has 0 bridgehead atoms. The Labute approximate surface area is 146 Å². The Morgan fingerprint density at radius 3 is 2.08 bits per heavy atom. The van der Waals surface area contributed by atoms with Crippen molar-refractivity contribution in [2.45, 2.75) is 37.8 Å². The second kappa shape index (κ2) is 7.53. The fourth-order valence-electron chi connectivity index (χ4n) is 2.54. The SMILES string of the molecule is Cc1cc(C)c(S[C@H](C)C(=O)Nc2ccc(C(N)=O)cc2)c(C)c1. The molecule has 0 fully saturated rings. The van der Waals surface area contributed by atoms with E-state index in [0.717, 1.165) is 4.90 Å². The number of hydrogen-bond acceptors (Lipinski definition) is 3. The van der Waals surface area contributed by atoms with Gasteiger partial charge in [-0.15, -0.1) is 11.8 Å². The summed E-state index contributed by atoms with van der Waals surface area (Å²) >= 11 is 1.55. The Morgan fingerprint density at radius 2 is 1.58 bits per heavy atom. The molecule has 0 unspecified atom stereocenters. The molecule has 0 aromatic heterocycles. The summed E-state index contributed by atoms with van der Waals surface area (Å²) in [4.78, 5) is 24.6. The maximum atomic E-state index is 12.4. The molecule has 2 aromatic rings. The standard InChI is InChI=1S/C19H22N2O2S/c1-11-9-12(2)17(13(3)10-11)24-14(4)19(23)21-16-7-5-15(6-8-16)18(20)22/h5-10,14H,1-4H3,(H2,20,22)(H,21,23)/t14-/m1/s1. The van der Waals surface area contributed by atoms with Crippen LogP contribution in [0.5, 0.6) is 0 Å². The summed E-state index contributed by atoms with van der Waals surface area (Å²) in [6.07, 6.45) is 0. The highest BCUT2D eigenvalue weighted by Crippen LogP contribution is 2.31. The second-order valence-electron chi connectivity index (χ2n) is 5.92. The molecule has 0 spiro atoms. The quantitative estimate of drug-likeness (QED) is 0.811. The highest BCUT2D eigenvalue weighted by atomic mass is 32.2. The first-order chi connectivity index (χ1) is 11.3. The number of primary amides is 1. The Kier molecular flexibility index (Phi) is 5.67. The first-order valence-electron chi connectivity index (χ1n) is 7.73. The summed E-state index contributed by atoms with van der Waals surface area (Å²) < 4.78 is 0. The third-order valence-corrected chi connectivity index (χ3v) is 5.15. The summed E-state index contributed by atoms with van der Waals surface area (Å²) in [6.45, 7) is 8.09. The number of thioether (sulfide) groups is 1. The van der Waals surface area contributed by atoms with Crippen molar-refractivity contribution < 1.29 is 9.59 Å². The topological polar surface area (TPSA) is 72.2 Å². The highest BCUT2D eigenvalue weighted by Gasteiger charge is 2.17. The van der Waals surface area contributed by atoms with Crippen LogP contribution in [0.3, 0.4) is 0 Å². The summed E-state index contributed by atoms with van der Waals surface area (Å²) in [5, 5.41) is 2.63. The fraction of sp³-hybridized carbons (Fsp3) is 0.263. The zero-order chi connectivity index (χ0) is 17.9. The minimum absolute atomic E-state index is 0.0776. The van der Waals surface area contributed by atoms with Crippen molar-refractivity contribution >= 4 is 29.3 Å². The van der Waals surface area contributed by atoms with Gasteiger partial charge < -0.3 is 11.1 Å². The number of hydrogen-bond donors (Lipinski definition) is 2. The van der Waals surface area contributed by atoms with Gasteiger partial charge in [-0.2, -0.15) is 0 Å². The van der Waals surface area contributed by atoms with E-state index < -0.39 is 5.91 Å². The molecule has 24 heavy (non-hydrogen) atoms. The normalized spacial score (nSPS) is 11.8. The second-order valence-corrected chi connectivity index (χ2v) is 7.27. The van der Waals surface area contributed by atoms with Crippen molar-refractivity contribution in [2.75, 3.05) is 5.32 Å². The Hall–Kier alpha value is -2.27. The number of benzene rings is 2. The lowest BCUT2D eigenvalue weighted by atomic mass is 10.1. The number of carbonyl (C=O) groups is 2. The average molecular weight is 342 g/mol. The van der Waals surface area contributed by atoms with Gasteiger partial charge in [-0.3, -0.25) is 9.59 Å². The van der Waals surface area contributed by atoms with Crippen molar-refractivity contribution in [2.24, 2.45) is 5.73 Å². The van der Waals surface area contributed by atoms with Gasteiger partial charge in [0.05, 0.1) is 5.25 Å². The van der Waals surface area contributed by atoms with Crippen LogP contribution in [-0.4, -0.2) is 17.1 Å². The molecule has 0 aliphatic heterocycles.